The number of nitrogens with one attached hydrogen (secondary N) is 1. The Hall–Kier alpha value is -2.96. The second kappa shape index (κ2) is 7.58. The Kier molecular flexibility index (Phi) is 4.98. The molecule has 2 aromatic carbocycles. The summed E-state index contributed by atoms with van der Waals surface area (Å²) < 4.78 is 14.0. The zero-order valence-corrected chi connectivity index (χ0v) is 16.0. The number of rotatable bonds is 4. The van der Waals surface area contributed by atoms with Crippen molar-refractivity contribution >= 4 is 45.9 Å². The normalized spacial score (nSPS) is 11.0. The third-order valence-corrected chi connectivity index (χ3v) is 4.85. The van der Waals surface area contributed by atoms with Gasteiger partial charge in [-0.05, 0) is 23.8 Å². The van der Waals surface area contributed by atoms with Crippen LogP contribution in [0, 0.1) is 5.82 Å². The van der Waals surface area contributed by atoms with Gasteiger partial charge in [-0.1, -0.05) is 53.5 Å². The fourth-order valence-corrected chi connectivity index (χ4v) is 3.36. The van der Waals surface area contributed by atoms with Crippen LogP contribution in [0.2, 0.25) is 10.0 Å². The number of fused-ring (bicyclic) bond motifs is 1. The molecule has 3 N–H and O–H groups in total. The highest BCUT2D eigenvalue weighted by atomic mass is 35.5. The molecule has 5 nitrogen and oxygen atoms in total. The summed E-state index contributed by atoms with van der Waals surface area (Å²) in [5, 5.41) is 4.92. The largest absolute Gasteiger partial charge is 0.368 e. The van der Waals surface area contributed by atoms with Gasteiger partial charge in [-0.15, -0.1) is 0 Å². The highest BCUT2D eigenvalue weighted by Gasteiger charge is 2.14. The summed E-state index contributed by atoms with van der Waals surface area (Å²) in [6.45, 7) is 0.253. The molecule has 2 heterocycles. The van der Waals surface area contributed by atoms with Gasteiger partial charge in [0, 0.05) is 22.5 Å². The number of hydrogen-bond acceptors (Lipinski definition) is 5. The van der Waals surface area contributed by atoms with E-state index >= 15 is 0 Å². The lowest BCUT2D eigenvalue weighted by molar-refractivity contribution is 0.617. The van der Waals surface area contributed by atoms with Gasteiger partial charge >= 0.3 is 0 Å². The number of halogens is 3. The van der Waals surface area contributed by atoms with E-state index in [1.807, 2.05) is 36.4 Å². The molecule has 140 valence electrons. The van der Waals surface area contributed by atoms with Crippen molar-refractivity contribution in [2.75, 3.05) is 11.1 Å². The van der Waals surface area contributed by atoms with Crippen molar-refractivity contribution in [3.8, 4) is 11.3 Å². The van der Waals surface area contributed by atoms with E-state index in [1.54, 1.807) is 12.1 Å². The van der Waals surface area contributed by atoms with Crippen LogP contribution >= 0.6 is 23.2 Å². The Morgan fingerprint density at radius 2 is 1.79 bits per heavy atom. The van der Waals surface area contributed by atoms with Gasteiger partial charge in [0.05, 0.1) is 22.4 Å². The Morgan fingerprint density at radius 1 is 1.00 bits per heavy atom. The predicted molar refractivity (Wildman–Crippen MR) is 111 cm³/mol. The number of benzene rings is 2. The first kappa shape index (κ1) is 18.4. The molecule has 4 aromatic rings. The predicted octanol–water partition coefficient (Wildman–Crippen LogP) is 5.33. The number of para-hydroxylation sites is 1. The van der Waals surface area contributed by atoms with Crippen LogP contribution in [-0.4, -0.2) is 15.0 Å². The van der Waals surface area contributed by atoms with Gasteiger partial charge in [0.2, 0.25) is 5.95 Å². The average Bonchev–Trinajstić information content (AvgIpc) is 2.69. The van der Waals surface area contributed by atoms with Crippen LogP contribution in [0.5, 0.6) is 0 Å². The lowest BCUT2D eigenvalue weighted by Crippen LogP contribution is -2.08. The van der Waals surface area contributed by atoms with Crippen LogP contribution in [-0.2, 0) is 6.54 Å². The van der Waals surface area contributed by atoms with Crippen LogP contribution in [0.4, 0.5) is 16.2 Å². The van der Waals surface area contributed by atoms with E-state index in [1.165, 1.54) is 0 Å². The molecule has 8 heteroatoms. The van der Waals surface area contributed by atoms with Gasteiger partial charge in [0.25, 0.3) is 0 Å². The summed E-state index contributed by atoms with van der Waals surface area (Å²) in [5.74, 6) is -0.590. The standard InChI is InChI=1S/C20H14Cl2FN5/c21-14-6-2-1-5-13(14)17-12(8-11-4-3-7-15(22)18(11)27-17)9-25-19-16(23)10-26-20(24)28-19/h1-8,10H,9H2,(H3,24,25,26,28). The van der Waals surface area contributed by atoms with Gasteiger partial charge in [0.1, 0.15) is 0 Å². The number of pyridine rings is 1. The fraction of sp³-hybridized carbons (Fsp3) is 0.0500. The van der Waals surface area contributed by atoms with Crippen molar-refractivity contribution in [3.63, 3.8) is 0 Å². The zero-order chi connectivity index (χ0) is 19.7. The molecule has 0 aliphatic rings. The van der Waals surface area contributed by atoms with Gasteiger partial charge in [-0.25, -0.2) is 14.4 Å². The van der Waals surface area contributed by atoms with Crippen LogP contribution in [0.25, 0.3) is 22.2 Å². The summed E-state index contributed by atoms with van der Waals surface area (Å²) in [6.07, 6.45) is 1.03. The molecule has 0 spiro atoms. The first-order valence-corrected chi connectivity index (χ1v) is 9.13. The molecule has 0 atom stereocenters. The van der Waals surface area contributed by atoms with Gasteiger partial charge in [-0.2, -0.15) is 4.98 Å². The maximum Gasteiger partial charge on any atom is 0.222 e. The van der Waals surface area contributed by atoms with Crippen LogP contribution in [0.1, 0.15) is 5.56 Å². The molecular formula is C20H14Cl2FN5. The minimum absolute atomic E-state index is 0.0151. The van der Waals surface area contributed by atoms with Crippen molar-refractivity contribution in [3.05, 3.63) is 76.2 Å². The average molecular weight is 414 g/mol. The minimum Gasteiger partial charge on any atom is -0.368 e. The molecule has 0 saturated carbocycles. The molecule has 0 amide bonds. The van der Waals surface area contributed by atoms with Crippen molar-refractivity contribution in [2.45, 2.75) is 6.54 Å². The number of nitrogens with zero attached hydrogens (tertiary/aromatic N) is 3. The molecule has 0 unspecified atom stereocenters. The number of aromatic nitrogens is 3. The maximum absolute atomic E-state index is 14.0. The Balaban J connectivity index is 1.83. The number of nitrogens with two attached hydrogens (primary N) is 1. The van der Waals surface area contributed by atoms with E-state index in [2.05, 4.69) is 15.3 Å². The third kappa shape index (κ3) is 3.56. The molecule has 28 heavy (non-hydrogen) atoms. The minimum atomic E-state index is -0.592. The zero-order valence-electron chi connectivity index (χ0n) is 14.5. The Bertz CT molecular complexity index is 1180. The molecule has 0 bridgehead atoms. The topological polar surface area (TPSA) is 76.7 Å². The molecule has 0 radical (unpaired) electrons. The molecular weight excluding hydrogens is 400 g/mol. The van der Waals surface area contributed by atoms with Crippen LogP contribution in [0.3, 0.4) is 0 Å². The monoisotopic (exact) mass is 413 g/mol. The molecule has 0 aliphatic carbocycles. The van der Waals surface area contributed by atoms with E-state index in [9.17, 15) is 4.39 Å². The summed E-state index contributed by atoms with van der Waals surface area (Å²) >= 11 is 12.7. The second-order valence-electron chi connectivity index (χ2n) is 6.07. The molecule has 4 rings (SSSR count). The van der Waals surface area contributed by atoms with Crippen molar-refractivity contribution in [2.24, 2.45) is 0 Å². The van der Waals surface area contributed by atoms with Gasteiger partial charge < -0.3 is 11.1 Å². The van der Waals surface area contributed by atoms with E-state index in [-0.39, 0.29) is 18.3 Å². The highest BCUT2D eigenvalue weighted by Crippen LogP contribution is 2.33. The molecule has 2 aromatic heterocycles. The second-order valence-corrected chi connectivity index (χ2v) is 6.88. The number of nitrogen functional groups attached to an aromatic ring is 1. The summed E-state index contributed by atoms with van der Waals surface area (Å²) in [5.41, 5.74) is 8.44. The van der Waals surface area contributed by atoms with E-state index in [0.717, 1.165) is 22.7 Å². The third-order valence-electron chi connectivity index (χ3n) is 4.21. The molecule has 0 aliphatic heterocycles. The first-order valence-electron chi connectivity index (χ1n) is 8.38. The van der Waals surface area contributed by atoms with Gasteiger partial charge in [-0.3, -0.25) is 0 Å². The Labute approximate surface area is 170 Å². The van der Waals surface area contributed by atoms with Crippen LogP contribution < -0.4 is 11.1 Å². The van der Waals surface area contributed by atoms with Gasteiger partial charge in [0.15, 0.2) is 11.6 Å². The summed E-state index contributed by atoms with van der Waals surface area (Å²) in [7, 11) is 0. The number of hydrogen-bond donors (Lipinski definition) is 2. The van der Waals surface area contributed by atoms with Crippen molar-refractivity contribution in [1.82, 2.24) is 15.0 Å². The Morgan fingerprint density at radius 3 is 2.61 bits per heavy atom. The smallest absolute Gasteiger partial charge is 0.222 e. The summed E-state index contributed by atoms with van der Waals surface area (Å²) in [4.78, 5) is 12.3. The van der Waals surface area contributed by atoms with E-state index in [4.69, 9.17) is 33.9 Å². The quantitative estimate of drug-likeness (QED) is 0.472. The number of anilines is 2. The lowest BCUT2D eigenvalue weighted by Gasteiger charge is -2.14. The summed E-state index contributed by atoms with van der Waals surface area (Å²) in [6, 6.07) is 14.9. The van der Waals surface area contributed by atoms with E-state index < -0.39 is 5.82 Å². The van der Waals surface area contributed by atoms with Crippen molar-refractivity contribution < 1.29 is 4.39 Å². The highest BCUT2D eigenvalue weighted by molar-refractivity contribution is 6.35. The van der Waals surface area contributed by atoms with Crippen molar-refractivity contribution in [1.29, 1.82) is 0 Å². The fourth-order valence-electron chi connectivity index (χ4n) is 2.91. The molecule has 0 fully saturated rings. The van der Waals surface area contributed by atoms with E-state index in [0.29, 0.717) is 21.3 Å². The first-order chi connectivity index (χ1) is 13.5. The maximum atomic E-state index is 14.0. The molecule has 0 saturated heterocycles. The SMILES string of the molecule is Nc1ncc(F)c(NCc2cc3cccc(Cl)c3nc2-c2ccccc2Cl)n1. The lowest BCUT2D eigenvalue weighted by atomic mass is 10.0. The van der Waals surface area contributed by atoms with Crippen LogP contribution in [0.15, 0.2) is 54.7 Å².